The van der Waals surface area contributed by atoms with E-state index in [0.717, 1.165) is 11.1 Å². The number of benzene rings is 1. The summed E-state index contributed by atoms with van der Waals surface area (Å²) in [6, 6.07) is 13.4. The van der Waals surface area contributed by atoms with E-state index in [-0.39, 0.29) is 5.91 Å². The molecule has 2 heterocycles. The third-order valence-electron chi connectivity index (χ3n) is 3.75. The molecule has 0 aliphatic rings. The van der Waals surface area contributed by atoms with Crippen LogP contribution in [0.25, 0.3) is 5.52 Å². The number of hydrogen-bond donors (Lipinski definition) is 1. The molecule has 2 aromatic heterocycles. The number of rotatable bonds is 6. The molecule has 0 unspecified atom stereocenters. The van der Waals surface area contributed by atoms with Crippen LogP contribution in [-0.2, 0) is 6.54 Å². The predicted molar refractivity (Wildman–Crippen MR) is 92.7 cm³/mol. The third-order valence-corrected chi connectivity index (χ3v) is 3.75. The third kappa shape index (κ3) is 3.35. The first-order valence-corrected chi connectivity index (χ1v) is 7.86. The van der Waals surface area contributed by atoms with Crippen LogP contribution in [0.1, 0.15) is 22.8 Å². The van der Waals surface area contributed by atoms with Crippen LogP contribution < -0.4 is 14.8 Å². The Hall–Kier alpha value is -2.95. The summed E-state index contributed by atoms with van der Waals surface area (Å²) in [6.45, 7) is 2.91. The lowest BCUT2D eigenvalue weighted by Crippen LogP contribution is -2.22. The van der Waals surface area contributed by atoms with Crippen LogP contribution >= 0.6 is 0 Å². The maximum atomic E-state index is 12.3. The molecule has 124 valence electrons. The smallest absolute Gasteiger partial charge is 0.253 e. The Labute approximate surface area is 140 Å². The van der Waals surface area contributed by atoms with Gasteiger partial charge in [-0.05, 0) is 42.8 Å². The number of carbonyl (C=O) groups excluding carboxylic acids is 1. The Morgan fingerprint density at radius 2 is 2.04 bits per heavy atom. The molecule has 0 fully saturated rings. The minimum atomic E-state index is -0.104. The van der Waals surface area contributed by atoms with E-state index in [1.807, 2.05) is 66.2 Å². The minimum absolute atomic E-state index is 0.104. The van der Waals surface area contributed by atoms with E-state index in [2.05, 4.69) is 5.32 Å². The van der Waals surface area contributed by atoms with Gasteiger partial charge >= 0.3 is 0 Å². The van der Waals surface area contributed by atoms with Crippen LogP contribution in [0.4, 0.5) is 0 Å². The molecule has 0 saturated carbocycles. The Morgan fingerprint density at radius 3 is 2.79 bits per heavy atom. The number of amides is 1. The van der Waals surface area contributed by atoms with Crippen molar-refractivity contribution < 1.29 is 14.3 Å². The summed E-state index contributed by atoms with van der Waals surface area (Å²) < 4.78 is 12.8. The lowest BCUT2D eigenvalue weighted by Gasteiger charge is -2.11. The maximum Gasteiger partial charge on any atom is 0.253 e. The molecule has 3 aromatic rings. The maximum absolute atomic E-state index is 12.3. The standard InChI is InChI=1S/C19H20N2O3/c1-3-24-18-10-14(7-8-17(18)23-2)12-20-19(22)15-11-16-6-4-5-9-21(16)13-15/h4-11,13H,3,12H2,1-2H3,(H,20,22). The van der Waals surface area contributed by atoms with Gasteiger partial charge in [0.2, 0.25) is 0 Å². The molecular formula is C19H20N2O3. The average molecular weight is 324 g/mol. The summed E-state index contributed by atoms with van der Waals surface area (Å²) in [6.07, 6.45) is 3.74. The number of aromatic nitrogens is 1. The lowest BCUT2D eigenvalue weighted by atomic mass is 10.2. The molecule has 0 aliphatic carbocycles. The number of fused-ring (bicyclic) bond motifs is 1. The summed E-state index contributed by atoms with van der Waals surface area (Å²) in [7, 11) is 1.61. The zero-order valence-electron chi connectivity index (χ0n) is 13.8. The van der Waals surface area contributed by atoms with Gasteiger partial charge < -0.3 is 19.2 Å². The minimum Gasteiger partial charge on any atom is -0.493 e. The van der Waals surface area contributed by atoms with Crippen LogP contribution in [0.3, 0.4) is 0 Å². The molecule has 1 aromatic carbocycles. The summed E-state index contributed by atoms with van der Waals surface area (Å²) in [4.78, 5) is 12.3. The van der Waals surface area contributed by atoms with Crippen molar-refractivity contribution in [1.29, 1.82) is 0 Å². The van der Waals surface area contributed by atoms with Crippen molar-refractivity contribution in [3.63, 3.8) is 0 Å². The number of carbonyl (C=O) groups is 1. The molecule has 5 heteroatoms. The zero-order valence-corrected chi connectivity index (χ0v) is 13.8. The van der Waals surface area contributed by atoms with Crippen LogP contribution in [0.5, 0.6) is 11.5 Å². The highest BCUT2D eigenvalue weighted by Crippen LogP contribution is 2.28. The van der Waals surface area contributed by atoms with Gasteiger partial charge in [0.1, 0.15) is 0 Å². The largest absolute Gasteiger partial charge is 0.493 e. The first kappa shape index (κ1) is 15.9. The number of nitrogens with one attached hydrogen (secondary N) is 1. The fourth-order valence-electron chi connectivity index (χ4n) is 2.56. The number of hydrogen-bond acceptors (Lipinski definition) is 3. The molecule has 1 amide bonds. The topological polar surface area (TPSA) is 52.0 Å². The molecule has 0 spiro atoms. The van der Waals surface area contributed by atoms with Crippen molar-refractivity contribution in [3.05, 3.63) is 66.0 Å². The molecule has 0 atom stereocenters. The van der Waals surface area contributed by atoms with E-state index < -0.39 is 0 Å². The van der Waals surface area contributed by atoms with Crippen molar-refractivity contribution in [3.8, 4) is 11.5 Å². The van der Waals surface area contributed by atoms with Crippen molar-refractivity contribution in [1.82, 2.24) is 9.72 Å². The second-order valence-corrected chi connectivity index (χ2v) is 5.36. The Bertz CT molecular complexity index is 822. The number of ether oxygens (including phenoxy) is 2. The predicted octanol–water partition coefficient (Wildman–Crippen LogP) is 3.28. The van der Waals surface area contributed by atoms with Crippen molar-refractivity contribution >= 4 is 11.4 Å². The van der Waals surface area contributed by atoms with Gasteiger partial charge in [-0.2, -0.15) is 0 Å². The fraction of sp³-hybridized carbons (Fsp3) is 0.211. The Balaban J connectivity index is 1.70. The van der Waals surface area contributed by atoms with E-state index in [4.69, 9.17) is 9.47 Å². The van der Waals surface area contributed by atoms with Gasteiger partial charge in [-0.3, -0.25) is 4.79 Å². The van der Waals surface area contributed by atoms with Crippen LogP contribution in [0, 0.1) is 0 Å². The van der Waals surface area contributed by atoms with Gasteiger partial charge in [-0.15, -0.1) is 0 Å². The Kier molecular flexibility index (Phi) is 4.70. The molecule has 0 aliphatic heterocycles. The van der Waals surface area contributed by atoms with E-state index in [0.29, 0.717) is 30.2 Å². The van der Waals surface area contributed by atoms with Crippen LogP contribution in [0.2, 0.25) is 0 Å². The summed E-state index contributed by atoms with van der Waals surface area (Å²) in [5.74, 6) is 1.26. The number of nitrogens with zero attached hydrogens (tertiary/aromatic N) is 1. The molecule has 0 saturated heterocycles. The lowest BCUT2D eigenvalue weighted by molar-refractivity contribution is 0.0951. The molecular weight excluding hydrogens is 304 g/mol. The van der Waals surface area contributed by atoms with Gasteiger partial charge in [0.05, 0.1) is 19.3 Å². The molecule has 3 rings (SSSR count). The summed E-state index contributed by atoms with van der Waals surface area (Å²) in [5, 5.41) is 2.93. The summed E-state index contributed by atoms with van der Waals surface area (Å²) >= 11 is 0. The van der Waals surface area contributed by atoms with E-state index >= 15 is 0 Å². The van der Waals surface area contributed by atoms with Crippen LogP contribution in [0.15, 0.2) is 54.9 Å². The normalized spacial score (nSPS) is 10.6. The van der Waals surface area contributed by atoms with Gasteiger partial charge in [-0.1, -0.05) is 12.1 Å². The highest BCUT2D eigenvalue weighted by atomic mass is 16.5. The van der Waals surface area contributed by atoms with E-state index in [1.165, 1.54) is 0 Å². The van der Waals surface area contributed by atoms with Gasteiger partial charge in [-0.25, -0.2) is 0 Å². The second kappa shape index (κ2) is 7.08. The fourth-order valence-corrected chi connectivity index (χ4v) is 2.56. The first-order chi connectivity index (χ1) is 11.7. The number of pyridine rings is 1. The summed E-state index contributed by atoms with van der Waals surface area (Å²) in [5.41, 5.74) is 2.59. The van der Waals surface area contributed by atoms with Crippen LogP contribution in [-0.4, -0.2) is 24.0 Å². The highest BCUT2D eigenvalue weighted by Gasteiger charge is 2.10. The zero-order chi connectivity index (χ0) is 16.9. The molecule has 0 bridgehead atoms. The first-order valence-electron chi connectivity index (χ1n) is 7.86. The number of methoxy groups -OCH3 is 1. The van der Waals surface area contributed by atoms with Gasteiger partial charge in [0.25, 0.3) is 5.91 Å². The molecule has 1 N–H and O–H groups in total. The SMILES string of the molecule is CCOc1cc(CNC(=O)c2cc3ccccn3c2)ccc1OC. The molecule has 5 nitrogen and oxygen atoms in total. The second-order valence-electron chi connectivity index (χ2n) is 5.36. The van der Waals surface area contributed by atoms with E-state index in [9.17, 15) is 4.79 Å². The van der Waals surface area contributed by atoms with Crippen molar-refractivity contribution in [2.24, 2.45) is 0 Å². The van der Waals surface area contributed by atoms with E-state index in [1.54, 1.807) is 7.11 Å². The highest BCUT2D eigenvalue weighted by molar-refractivity contribution is 5.95. The quantitative estimate of drug-likeness (QED) is 0.757. The van der Waals surface area contributed by atoms with Gasteiger partial charge in [0, 0.05) is 24.5 Å². The molecule has 24 heavy (non-hydrogen) atoms. The Morgan fingerprint density at radius 1 is 1.17 bits per heavy atom. The molecule has 0 radical (unpaired) electrons. The van der Waals surface area contributed by atoms with Crippen molar-refractivity contribution in [2.75, 3.05) is 13.7 Å². The monoisotopic (exact) mass is 324 g/mol. The van der Waals surface area contributed by atoms with Crippen molar-refractivity contribution in [2.45, 2.75) is 13.5 Å². The van der Waals surface area contributed by atoms with Gasteiger partial charge in [0.15, 0.2) is 11.5 Å². The average Bonchev–Trinajstić information content (AvgIpc) is 3.04.